The number of halogens is 7. The molecule has 3 amide bonds. The van der Waals surface area contributed by atoms with Crippen molar-refractivity contribution < 1.29 is 40.7 Å². The monoisotopic (exact) mass is 511 g/mol. The molecule has 1 atom stereocenters. The van der Waals surface area contributed by atoms with Crippen LogP contribution in [0.25, 0.3) is 0 Å². The van der Waals surface area contributed by atoms with Crippen molar-refractivity contribution >= 4 is 29.3 Å². The molecule has 0 aliphatic rings. The highest BCUT2D eigenvalue weighted by Crippen LogP contribution is 2.36. The van der Waals surface area contributed by atoms with Crippen molar-refractivity contribution in [2.45, 2.75) is 25.3 Å². The number of carbonyl (C=O) groups excluding carboxylic acids is 3. The van der Waals surface area contributed by atoms with E-state index in [2.05, 4.69) is 20.7 Å². The van der Waals surface area contributed by atoms with E-state index in [1.807, 2.05) is 0 Å². The van der Waals surface area contributed by atoms with Crippen LogP contribution in [-0.4, -0.2) is 45.6 Å². The molecule has 1 unspecified atom stereocenters. The van der Waals surface area contributed by atoms with Crippen LogP contribution in [0.1, 0.15) is 50.6 Å². The van der Waals surface area contributed by atoms with Gasteiger partial charge in [0, 0.05) is 25.0 Å². The number of alkyl halides is 7. The number of hydrogen-bond donors (Lipinski definition) is 2. The average molecular weight is 512 g/mol. The summed E-state index contributed by atoms with van der Waals surface area (Å²) >= 11 is 5.39. The van der Waals surface area contributed by atoms with Crippen LogP contribution in [0.3, 0.4) is 0 Å². The van der Waals surface area contributed by atoms with Crippen molar-refractivity contribution in [2.24, 2.45) is 0 Å². The molecule has 15 heteroatoms. The Labute approximate surface area is 193 Å². The maximum atomic E-state index is 13.1. The molecule has 1 aromatic carbocycles. The first kappa shape index (κ1) is 26.8. The highest BCUT2D eigenvalue weighted by Gasteiger charge is 2.37. The molecule has 8 nitrogen and oxygen atoms in total. The lowest BCUT2D eigenvalue weighted by Gasteiger charge is -2.20. The third kappa shape index (κ3) is 6.56. The largest absolute Gasteiger partial charge is 0.416 e. The van der Waals surface area contributed by atoms with Crippen molar-refractivity contribution in [3.63, 3.8) is 0 Å². The van der Waals surface area contributed by atoms with Crippen molar-refractivity contribution in [3.8, 4) is 0 Å². The number of carbonyl (C=O) groups is 3. The minimum Gasteiger partial charge on any atom is -0.344 e. The number of benzene rings is 1. The molecular formula is C19H16ClF6N5O3. The smallest absolute Gasteiger partial charge is 0.344 e. The molecule has 0 aliphatic carbocycles. The van der Waals surface area contributed by atoms with E-state index in [0.29, 0.717) is 0 Å². The van der Waals surface area contributed by atoms with E-state index < -0.39 is 58.7 Å². The van der Waals surface area contributed by atoms with Gasteiger partial charge in [0.2, 0.25) is 0 Å². The van der Waals surface area contributed by atoms with Crippen molar-refractivity contribution in [2.75, 3.05) is 12.9 Å². The molecule has 0 fully saturated rings. The molecule has 1 aromatic heterocycles. The first-order chi connectivity index (χ1) is 15.6. The quantitative estimate of drug-likeness (QED) is 0.364. The normalized spacial score (nSPS) is 12.6. The maximum absolute atomic E-state index is 13.1. The predicted octanol–water partition coefficient (Wildman–Crippen LogP) is 3.35. The highest BCUT2D eigenvalue weighted by molar-refractivity contribution is 6.27. The van der Waals surface area contributed by atoms with E-state index in [0.717, 1.165) is 17.4 Å². The zero-order valence-electron chi connectivity index (χ0n) is 17.4. The summed E-state index contributed by atoms with van der Waals surface area (Å²) in [6, 6.07) is -0.744. The second kappa shape index (κ2) is 10.2. The van der Waals surface area contributed by atoms with Gasteiger partial charge in [0.1, 0.15) is 5.88 Å². The molecule has 0 spiro atoms. The lowest BCUT2D eigenvalue weighted by atomic mass is 10.0. The summed E-state index contributed by atoms with van der Waals surface area (Å²) < 4.78 is 78.3. The summed E-state index contributed by atoms with van der Waals surface area (Å²) in [5.74, 6) is -3.31. The van der Waals surface area contributed by atoms with Crippen molar-refractivity contribution in [1.29, 1.82) is 0 Å². The van der Waals surface area contributed by atoms with E-state index in [9.17, 15) is 40.7 Å². The molecule has 0 radical (unpaired) electrons. The van der Waals surface area contributed by atoms with Gasteiger partial charge < -0.3 is 5.32 Å². The predicted molar refractivity (Wildman–Crippen MR) is 105 cm³/mol. The number of hydrazine groups is 1. The number of rotatable bonds is 5. The van der Waals surface area contributed by atoms with Gasteiger partial charge in [-0.05, 0) is 25.1 Å². The first-order valence-electron chi connectivity index (χ1n) is 9.20. The number of nitrogens with zero attached hydrogens (tertiary/aromatic N) is 3. The minimum absolute atomic E-state index is 0.107. The van der Waals surface area contributed by atoms with Gasteiger partial charge in [0.15, 0.2) is 5.69 Å². The maximum Gasteiger partial charge on any atom is 0.416 e. The molecule has 2 rings (SSSR count). The Bertz CT molecular complexity index is 1060. The molecule has 2 N–H and O–H groups in total. The van der Waals surface area contributed by atoms with Crippen LogP contribution in [0.15, 0.2) is 30.6 Å². The van der Waals surface area contributed by atoms with E-state index >= 15 is 0 Å². The molecular weight excluding hydrogens is 496 g/mol. The first-order valence-corrected chi connectivity index (χ1v) is 9.73. The number of nitrogens with one attached hydrogen (secondary N) is 2. The summed E-state index contributed by atoms with van der Waals surface area (Å²) in [5.41, 5.74) is -2.58. The van der Waals surface area contributed by atoms with Gasteiger partial charge in [-0.1, -0.05) is 0 Å². The average Bonchev–Trinajstić information content (AvgIpc) is 2.76. The molecule has 0 bridgehead atoms. The molecule has 1 heterocycles. The van der Waals surface area contributed by atoms with Crippen LogP contribution >= 0.6 is 11.6 Å². The Morgan fingerprint density at radius 2 is 1.50 bits per heavy atom. The van der Waals surface area contributed by atoms with Crippen LogP contribution in [0, 0.1) is 0 Å². The van der Waals surface area contributed by atoms with Gasteiger partial charge >= 0.3 is 12.4 Å². The Balaban J connectivity index is 2.34. The zero-order chi connectivity index (χ0) is 25.8. The van der Waals surface area contributed by atoms with Crippen LogP contribution in [-0.2, 0) is 17.1 Å². The third-order valence-electron chi connectivity index (χ3n) is 4.31. The number of hydrogen-bond acceptors (Lipinski definition) is 5. The fraction of sp³-hybridized carbons (Fsp3) is 0.316. The van der Waals surface area contributed by atoms with Gasteiger partial charge in [-0.15, -0.1) is 11.6 Å². The molecule has 0 aliphatic heterocycles. The fourth-order valence-corrected chi connectivity index (χ4v) is 2.81. The molecule has 0 saturated heterocycles. The second-order valence-corrected chi connectivity index (χ2v) is 7.07. The van der Waals surface area contributed by atoms with E-state index in [4.69, 9.17) is 11.6 Å². The van der Waals surface area contributed by atoms with Crippen LogP contribution in [0.5, 0.6) is 0 Å². The van der Waals surface area contributed by atoms with E-state index in [1.54, 1.807) is 0 Å². The van der Waals surface area contributed by atoms with Crippen LogP contribution < -0.4 is 10.7 Å². The fourth-order valence-electron chi connectivity index (χ4n) is 2.63. The molecule has 34 heavy (non-hydrogen) atoms. The Morgan fingerprint density at radius 3 is 2.00 bits per heavy atom. The van der Waals surface area contributed by atoms with Gasteiger partial charge in [-0.25, -0.2) is 4.98 Å². The highest BCUT2D eigenvalue weighted by atomic mass is 35.5. The third-order valence-corrected chi connectivity index (χ3v) is 4.54. The number of aromatic nitrogens is 2. The number of amides is 3. The lowest BCUT2D eigenvalue weighted by Crippen LogP contribution is -2.44. The SMILES string of the molecule is CC(NC(=O)c1cc(C(F)(F)F)cc(C(F)(F)F)c1)c1nccnc1C(=O)NN(C)C(=O)CCl. The van der Waals surface area contributed by atoms with Crippen molar-refractivity contribution in [1.82, 2.24) is 25.7 Å². The topological polar surface area (TPSA) is 104 Å². The summed E-state index contributed by atoms with van der Waals surface area (Å²) in [4.78, 5) is 44.2. The van der Waals surface area contributed by atoms with Crippen LogP contribution in [0.2, 0.25) is 0 Å². The lowest BCUT2D eigenvalue weighted by molar-refractivity contribution is -0.143. The zero-order valence-corrected chi connectivity index (χ0v) is 18.1. The standard InChI is InChI=1S/C19H16ClF6N5O3/c1-9(14-15(28-4-3-27-14)17(34)30-31(2)13(32)8-20)29-16(33)10-5-11(18(21,22)23)7-12(6-10)19(24,25)26/h3-7,9H,8H2,1-2H3,(H,29,33)(H,30,34). The van der Waals surface area contributed by atoms with E-state index in [-0.39, 0.29) is 29.6 Å². The van der Waals surface area contributed by atoms with Gasteiger partial charge in [-0.3, -0.25) is 29.8 Å². The Hall–Kier alpha value is -3.42. The Morgan fingerprint density at radius 1 is 0.971 bits per heavy atom. The second-order valence-electron chi connectivity index (χ2n) is 6.81. The minimum atomic E-state index is -5.13. The van der Waals surface area contributed by atoms with Crippen LogP contribution in [0.4, 0.5) is 26.3 Å². The molecule has 0 saturated carbocycles. The molecule has 2 aromatic rings. The van der Waals surface area contributed by atoms with Gasteiger partial charge in [0.05, 0.1) is 22.9 Å². The van der Waals surface area contributed by atoms with E-state index in [1.165, 1.54) is 14.0 Å². The van der Waals surface area contributed by atoms with Crippen molar-refractivity contribution in [3.05, 3.63) is 58.7 Å². The summed E-state index contributed by atoms with van der Waals surface area (Å²) in [6.45, 7) is 1.28. The van der Waals surface area contributed by atoms with Gasteiger partial charge in [0.25, 0.3) is 17.7 Å². The van der Waals surface area contributed by atoms with Gasteiger partial charge in [-0.2, -0.15) is 26.3 Å². The summed E-state index contributed by atoms with van der Waals surface area (Å²) in [6.07, 6.45) is -8.00. The summed E-state index contributed by atoms with van der Waals surface area (Å²) in [5, 5.41) is 2.97. The Kier molecular flexibility index (Phi) is 8.08. The summed E-state index contributed by atoms with van der Waals surface area (Å²) in [7, 11) is 1.20. The molecule has 184 valence electrons.